The van der Waals surface area contributed by atoms with Gasteiger partial charge in [0.2, 0.25) is 0 Å². The Bertz CT molecular complexity index is 423. The maximum absolute atomic E-state index is 10.3. The van der Waals surface area contributed by atoms with Gasteiger partial charge in [-0.1, -0.05) is 0 Å². The monoisotopic (exact) mass is 176 g/mol. The molecule has 66 valence electrons. The Labute approximate surface area is 75.0 Å². The molecule has 0 saturated carbocycles. The molecule has 0 aliphatic heterocycles. The molecule has 0 fully saturated rings. The van der Waals surface area contributed by atoms with Crippen molar-refractivity contribution in [2.45, 2.75) is 6.92 Å². The van der Waals surface area contributed by atoms with Crippen LogP contribution in [0, 0.1) is 6.92 Å². The summed E-state index contributed by atoms with van der Waals surface area (Å²) in [5.74, 6) is 2.35. The predicted molar refractivity (Wildman–Crippen MR) is 46.5 cm³/mol. The van der Waals surface area contributed by atoms with E-state index in [9.17, 15) is 4.79 Å². The number of carbonyl (C=O) groups is 1. The fraction of sp³-hybridized carbons (Fsp3) is 0.100. The van der Waals surface area contributed by atoms with Crippen LogP contribution in [0.25, 0.3) is 11.5 Å². The van der Waals surface area contributed by atoms with Crippen LogP contribution >= 0.6 is 0 Å². The summed E-state index contributed by atoms with van der Waals surface area (Å²) in [7, 11) is 0. The van der Waals surface area contributed by atoms with Gasteiger partial charge in [0.15, 0.2) is 23.6 Å². The topological polar surface area (TPSA) is 43.4 Å². The summed E-state index contributed by atoms with van der Waals surface area (Å²) in [6.45, 7) is 1.85. The van der Waals surface area contributed by atoms with Crippen molar-refractivity contribution in [2.24, 2.45) is 0 Å². The second kappa shape index (κ2) is 2.94. The lowest BCUT2D eigenvalue weighted by atomic mass is 10.3. The van der Waals surface area contributed by atoms with Crippen molar-refractivity contribution in [2.75, 3.05) is 0 Å². The van der Waals surface area contributed by atoms with E-state index in [1.165, 1.54) is 0 Å². The molecule has 3 heteroatoms. The third-order valence-electron chi connectivity index (χ3n) is 1.73. The van der Waals surface area contributed by atoms with Gasteiger partial charge in [0, 0.05) is 0 Å². The maximum atomic E-state index is 10.3. The highest BCUT2D eigenvalue weighted by atomic mass is 16.4. The highest BCUT2D eigenvalue weighted by Gasteiger charge is 2.06. The number of hydrogen-bond donors (Lipinski definition) is 0. The molecule has 3 nitrogen and oxygen atoms in total. The molecule has 0 radical (unpaired) electrons. The zero-order valence-electron chi connectivity index (χ0n) is 7.11. The second-order valence-electron chi connectivity index (χ2n) is 2.73. The van der Waals surface area contributed by atoms with E-state index in [4.69, 9.17) is 8.83 Å². The summed E-state index contributed by atoms with van der Waals surface area (Å²) in [5, 5.41) is 0. The summed E-state index contributed by atoms with van der Waals surface area (Å²) in [6.07, 6.45) is 0.666. The van der Waals surface area contributed by atoms with Gasteiger partial charge in [-0.05, 0) is 31.2 Å². The van der Waals surface area contributed by atoms with Crippen molar-refractivity contribution in [3.63, 3.8) is 0 Å². The summed E-state index contributed by atoms with van der Waals surface area (Å²) in [4.78, 5) is 10.3. The molecular formula is C10H8O3. The number of aldehydes is 1. The number of furan rings is 2. The van der Waals surface area contributed by atoms with Crippen molar-refractivity contribution in [1.29, 1.82) is 0 Å². The third-order valence-corrected chi connectivity index (χ3v) is 1.73. The van der Waals surface area contributed by atoms with Crippen LogP contribution in [-0.4, -0.2) is 6.29 Å². The van der Waals surface area contributed by atoms with Crippen molar-refractivity contribution in [3.8, 4) is 11.5 Å². The van der Waals surface area contributed by atoms with E-state index < -0.39 is 0 Å². The minimum Gasteiger partial charge on any atom is -0.458 e. The fourth-order valence-corrected chi connectivity index (χ4v) is 1.12. The van der Waals surface area contributed by atoms with E-state index >= 15 is 0 Å². The zero-order valence-corrected chi connectivity index (χ0v) is 7.11. The average Bonchev–Trinajstić information content (AvgIpc) is 2.71. The van der Waals surface area contributed by atoms with Crippen LogP contribution < -0.4 is 0 Å². The number of carbonyl (C=O) groups excluding carboxylic acids is 1. The first-order valence-electron chi connectivity index (χ1n) is 3.91. The SMILES string of the molecule is Cc1ccc(-c2ccc(C=O)o2)o1. The highest BCUT2D eigenvalue weighted by Crippen LogP contribution is 2.23. The molecule has 2 heterocycles. The van der Waals surface area contributed by atoms with Crippen LogP contribution in [0.5, 0.6) is 0 Å². The molecule has 0 N–H and O–H groups in total. The lowest BCUT2D eigenvalue weighted by Crippen LogP contribution is -1.68. The van der Waals surface area contributed by atoms with E-state index in [1.807, 2.05) is 19.1 Å². The van der Waals surface area contributed by atoms with E-state index in [1.54, 1.807) is 12.1 Å². The van der Waals surface area contributed by atoms with Gasteiger partial charge in [-0.2, -0.15) is 0 Å². The molecule has 0 aliphatic carbocycles. The minimum absolute atomic E-state index is 0.309. The van der Waals surface area contributed by atoms with Crippen LogP contribution in [0.4, 0.5) is 0 Å². The molecule has 0 bridgehead atoms. The van der Waals surface area contributed by atoms with E-state index in [2.05, 4.69) is 0 Å². The Morgan fingerprint density at radius 1 is 1.08 bits per heavy atom. The van der Waals surface area contributed by atoms with Gasteiger partial charge in [-0.3, -0.25) is 4.79 Å². The summed E-state index contributed by atoms with van der Waals surface area (Å²) >= 11 is 0. The Morgan fingerprint density at radius 2 is 1.77 bits per heavy atom. The van der Waals surface area contributed by atoms with E-state index in [-0.39, 0.29) is 0 Å². The van der Waals surface area contributed by atoms with Gasteiger partial charge in [0.1, 0.15) is 5.76 Å². The van der Waals surface area contributed by atoms with Crippen molar-refractivity contribution >= 4 is 6.29 Å². The second-order valence-corrected chi connectivity index (χ2v) is 2.73. The molecule has 13 heavy (non-hydrogen) atoms. The largest absolute Gasteiger partial charge is 0.458 e. The van der Waals surface area contributed by atoms with Gasteiger partial charge >= 0.3 is 0 Å². The molecule has 0 atom stereocenters. The zero-order chi connectivity index (χ0) is 9.26. The van der Waals surface area contributed by atoms with E-state index in [0.29, 0.717) is 23.6 Å². The highest BCUT2D eigenvalue weighted by molar-refractivity contribution is 5.72. The Kier molecular flexibility index (Phi) is 1.77. The predicted octanol–water partition coefficient (Wildman–Crippen LogP) is 2.66. The molecule has 0 aliphatic rings. The molecule has 0 unspecified atom stereocenters. The summed E-state index contributed by atoms with van der Waals surface area (Å²) in [5.41, 5.74) is 0. The molecule has 2 rings (SSSR count). The summed E-state index contributed by atoms with van der Waals surface area (Å²) < 4.78 is 10.5. The molecule has 0 amide bonds. The standard InChI is InChI=1S/C10H8O3/c1-7-2-4-9(12-7)10-5-3-8(6-11)13-10/h2-6H,1H3. The number of rotatable bonds is 2. The van der Waals surface area contributed by atoms with Crippen LogP contribution in [0.1, 0.15) is 16.3 Å². The average molecular weight is 176 g/mol. The number of aryl methyl sites for hydroxylation is 1. The van der Waals surface area contributed by atoms with Crippen molar-refractivity contribution in [1.82, 2.24) is 0 Å². The quantitative estimate of drug-likeness (QED) is 0.660. The first-order valence-corrected chi connectivity index (χ1v) is 3.91. The van der Waals surface area contributed by atoms with Gasteiger partial charge in [-0.25, -0.2) is 0 Å². The number of hydrogen-bond acceptors (Lipinski definition) is 3. The lowest BCUT2D eigenvalue weighted by Gasteiger charge is -1.88. The maximum Gasteiger partial charge on any atom is 0.185 e. The van der Waals surface area contributed by atoms with Crippen LogP contribution in [0.3, 0.4) is 0 Å². The van der Waals surface area contributed by atoms with Crippen LogP contribution in [0.2, 0.25) is 0 Å². The third kappa shape index (κ3) is 1.40. The van der Waals surface area contributed by atoms with Gasteiger partial charge in [0.25, 0.3) is 0 Å². The first-order chi connectivity index (χ1) is 6.29. The Morgan fingerprint density at radius 3 is 2.31 bits per heavy atom. The Hall–Kier alpha value is -1.77. The van der Waals surface area contributed by atoms with Crippen molar-refractivity contribution in [3.05, 3.63) is 35.8 Å². The first kappa shape index (κ1) is 7.86. The van der Waals surface area contributed by atoms with Gasteiger partial charge < -0.3 is 8.83 Å². The molecule has 2 aromatic heterocycles. The molecule has 0 aromatic carbocycles. The van der Waals surface area contributed by atoms with E-state index in [0.717, 1.165) is 5.76 Å². The van der Waals surface area contributed by atoms with Gasteiger partial charge in [-0.15, -0.1) is 0 Å². The van der Waals surface area contributed by atoms with Crippen LogP contribution in [0.15, 0.2) is 33.1 Å². The molecular weight excluding hydrogens is 168 g/mol. The molecule has 0 spiro atoms. The normalized spacial score (nSPS) is 10.2. The summed E-state index contributed by atoms with van der Waals surface area (Å²) in [6, 6.07) is 6.98. The molecule has 0 saturated heterocycles. The van der Waals surface area contributed by atoms with Gasteiger partial charge in [0.05, 0.1) is 0 Å². The van der Waals surface area contributed by atoms with Crippen molar-refractivity contribution < 1.29 is 13.6 Å². The minimum atomic E-state index is 0.309. The molecule has 2 aromatic rings. The smallest absolute Gasteiger partial charge is 0.185 e. The lowest BCUT2D eigenvalue weighted by molar-refractivity contribution is 0.110. The fourth-order valence-electron chi connectivity index (χ4n) is 1.12. The van der Waals surface area contributed by atoms with Crippen LogP contribution in [-0.2, 0) is 0 Å². The Balaban J connectivity index is 2.40.